The van der Waals surface area contributed by atoms with Gasteiger partial charge in [0.05, 0.1) is 0 Å². The number of allylic oxidation sites excluding steroid dienone is 1. The van der Waals surface area contributed by atoms with Crippen LogP contribution in [0.1, 0.15) is 65.2 Å². The van der Waals surface area contributed by atoms with E-state index >= 15 is 0 Å². The number of carbonyl (C=O) groups is 2. The van der Waals surface area contributed by atoms with Crippen LogP contribution >= 0.6 is 0 Å². The summed E-state index contributed by atoms with van der Waals surface area (Å²) in [6, 6.07) is 0. The summed E-state index contributed by atoms with van der Waals surface area (Å²) >= 11 is 0. The van der Waals surface area contributed by atoms with Gasteiger partial charge in [-0.1, -0.05) is 19.4 Å². The molecular formula is C23H34O6. The average molecular weight is 407 g/mol. The van der Waals surface area contributed by atoms with Gasteiger partial charge in [0.2, 0.25) is 12.1 Å². The minimum atomic E-state index is -2.04. The van der Waals surface area contributed by atoms with Crippen molar-refractivity contribution in [2.24, 2.45) is 28.6 Å². The maximum Gasteiger partial charge on any atom is 0.220 e. The first-order valence-electron chi connectivity index (χ1n) is 11.0. The third kappa shape index (κ3) is 2.90. The van der Waals surface area contributed by atoms with Gasteiger partial charge in [-0.05, 0) is 74.2 Å². The van der Waals surface area contributed by atoms with E-state index in [0.29, 0.717) is 24.7 Å². The van der Waals surface area contributed by atoms with Crippen LogP contribution in [0.5, 0.6) is 0 Å². The summed E-state index contributed by atoms with van der Waals surface area (Å²) in [4.78, 5) is 25.0. The molecular weight excluding hydrogens is 372 g/mol. The fraction of sp³-hybridized carbons (Fsp3) is 0.826. The lowest BCUT2D eigenvalue weighted by molar-refractivity contribution is -0.216. The molecule has 0 aliphatic heterocycles. The molecule has 162 valence electrons. The Bertz CT molecular complexity index is 729. The van der Waals surface area contributed by atoms with Crippen molar-refractivity contribution in [1.82, 2.24) is 0 Å². The monoisotopic (exact) mass is 406 g/mol. The summed E-state index contributed by atoms with van der Waals surface area (Å²) < 4.78 is 11.1. The molecule has 0 bridgehead atoms. The third-order valence-corrected chi connectivity index (χ3v) is 9.14. The van der Waals surface area contributed by atoms with Crippen molar-refractivity contribution in [3.8, 4) is 0 Å². The van der Waals surface area contributed by atoms with Crippen molar-refractivity contribution in [2.75, 3.05) is 13.9 Å². The van der Waals surface area contributed by atoms with Gasteiger partial charge in [0.25, 0.3) is 0 Å². The fourth-order valence-corrected chi connectivity index (χ4v) is 7.64. The number of methoxy groups -OCH3 is 1. The first kappa shape index (κ1) is 21.2. The van der Waals surface area contributed by atoms with Crippen molar-refractivity contribution in [3.05, 3.63) is 11.6 Å². The van der Waals surface area contributed by atoms with Gasteiger partial charge in [-0.15, -0.1) is 0 Å². The van der Waals surface area contributed by atoms with Gasteiger partial charge in [-0.2, -0.15) is 0 Å². The summed E-state index contributed by atoms with van der Waals surface area (Å²) in [5.41, 5.74) is -0.278. The van der Waals surface area contributed by atoms with E-state index in [4.69, 9.17) is 9.47 Å². The number of carbonyl (C=O) groups excluding carboxylic acids is 2. The molecule has 0 radical (unpaired) electrons. The Hall–Kier alpha value is -1.08. The smallest absolute Gasteiger partial charge is 0.220 e. The zero-order chi connectivity index (χ0) is 21.0. The van der Waals surface area contributed by atoms with E-state index in [1.807, 2.05) is 6.08 Å². The van der Waals surface area contributed by atoms with Gasteiger partial charge in [-0.3, -0.25) is 9.59 Å². The number of Topliss-reactive ketones (excluding diaryl/α,β-unsaturated/α-hetero) is 1. The van der Waals surface area contributed by atoms with Crippen molar-refractivity contribution in [3.63, 3.8) is 0 Å². The van der Waals surface area contributed by atoms with Crippen LogP contribution in [0.3, 0.4) is 0 Å². The summed E-state index contributed by atoms with van der Waals surface area (Å²) in [5.74, 6) is 0.870. The molecule has 29 heavy (non-hydrogen) atoms. The number of ether oxygens (including phenoxy) is 2. The average Bonchev–Trinajstić information content (AvgIpc) is 2.99. The quantitative estimate of drug-likeness (QED) is 0.682. The minimum Gasteiger partial charge on any atom is -0.362 e. The molecule has 0 aromatic carbocycles. The van der Waals surface area contributed by atoms with E-state index in [9.17, 15) is 19.8 Å². The first-order chi connectivity index (χ1) is 13.7. The number of aliphatic hydroxyl groups is 2. The number of fused-ring (bicyclic) bond motifs is 5. The standard InChI is InChI=1S/C23H34O6/c1-21-9-6-15(24)12-14(21)4-5-16-17(21)7-10-22(2)18(16)8-11-23(22,29-13-28-3)19(25)20(26)27/h12,16-18,20,26-27H,4-11,13H2,1-3H3/t16-,17+,18+,21+,22+,23+/m1/s1. The van der Waals surface area contributed by atoms with E-state index in [1.54, 1.807) is 0 Å². The van der Waals surface area contributed by atoms with E-state index < -0.39 is 23.1 Å². The molecule has 0 aromatic heterocycles. The number of aliphatic hydroxyl groups excluding tert-OH is 1. The molecule has 3 fully saturated rings. The largest absolute Gasteiger partial charge is 0.362 e. The maximum atomic E-state index is 13.0. The van der Waals surface area contributed by atoms with Crippen LogP contribution in [-0.2, 0) is 19.1 Å². The molecule has 0 saturated heterocycles. The van der Waals surface area contributed by atoms with Crippen LogP contribution in [-0.4, -0.2) is 47.6 Å². The first-order valence-corrected chi connectivity index (χ1v) is 11.0. The van der Waals surface area contributed by atoms with Gasteiger partial charge in [-0.25, -0.2) is 0 Å². The Morgan fingerprint density at radius 2 is 1.86 bits per heavy atom. The zero-order valence-electron chi connectivity index (χ0n) is 17.8. The number of hydrogen-bond donors (Lipinski definition) is 2. The number of rotatable bonds is 5. The molecule has 4 rings (SSSR count). The molecule has 6 heteroatoms. The topological polar surface area (TPSA) is 93.1 Å². The van der Waals surface area contributed by atoms with Gasteiger partial charge in [0.15, 0.2) is 5.78 Å². The van der Waals surface area contributed by atoms with E-state index in [-0.39, 0.29) is 23.9 Å². The molecule has 6 nitrogen and oxygen atoms in total. The van der Waals surface area contributed by atoms with Gasteiger partial charge in [0.1, 0.15) is 12.4 Å². The van der Waals surface area contributed by atoms with Gasteiger partial charge in [0, 0.05) is 18.9 Å². The summed E-state index contributed by atoms with van der Waals surface area (Å²) in [7, 11) is 1.51. The molecule has 4 aliphatic carbocycles. The van der Waals surface area contributed by atoms with E-state index in [2.05, 4.69) is 13.8 Å². The van der Waals surface area contributed by atoms with E-state index in [0.717, 1.165) is 38.5 Å². The summed E-state index contributed by atoms with van der Waals surface area (Å²) in [6.45, 7) is 4.40. The lowest BCUT2D eigenvalue weighted by atomic mass is 9.46. The Morgan fingerprint density at radius 3 is 2.55 bits per heavy atom. The van der Waals surface area contributed by atoms with Crippen molar-refractivity contribution in [2.45, 2.75) is 77.1 Å². The highest BCUT2D eigenvalue weighted by molar-refractivity contribution is 5.92. The Labute approximate surface area is 172 Å². The van der Waals surface area contributed by atoms with Gasteiger partial charge >= 0.3 is 0 Å². The van der Waals surface area contributed by atoms with Crippen molar-refractivity contribution >= 4 is 11.6 Å². The highest BCUT2D eigenvalue weighted by Gasteiger charge is 2.68. The molecule has 0 amide bonds. The van der Waals surface area contributed by atoms with Gasteiger partial charge < -0.3 is 19.7 Å². The number of hydrogen-bond acceptors (Lipinski definition) is 6. The highest BCUT2D eigenvalue weighted by atomic mass is 16.7. The summed E-state index contributed by atoms with van der Waals surface area (Å²) in [6.07, 6.45) is 6.48. The molecule has 0 spiro atoms. The lowest BCUT2D eigenvalue weighted by Gasteiger charge is -2.59. The SMILES string of the molecule is COCO[C@]1(C(=O)C(O)O)CC[C@H]2[C@@H]3CCC4=CC(=O)CC[C@]4(C)[C@H]3CC[C@@]21C. The van der Waals surface area contributed by atoms with Crippen LogP contribution in [0.2, 0.25) is 0 Å². The predicted molar refractivity (Wildman–Crippen MR) is 106 cm³/mol. The lowest BCUT2D eigenvalue weighted by Crippen LogP contribution is -2.60. The Morgan fingerprint density at radius 1 is 1.14 bits per heavy atom. The molecule has 4 aliphatic rings. The zero-order valence-corrected chi connectivity index (χ0v) is 17.8. The number of ketones is 2. The van der Waals surface area contributed by atoms with Crippen LogP contribution < -0.4 is 0 Å². The highest BCUT2D eigenvalue weighted by Crippen LogP contribution is 2.68. The molecule has 0 unspecified atom stereocenters. The molecule has 0 aromatic rings. The maximum absolute atomic E-state index is 13.0. The fourth-order valence-electron chi connectivity index (χ4n) is 7.64. The van der Waals surface area contributed by atoms with Crippen LogP contribution in [0, 0.1) is 28.6 Å². The van der Waals surface area contributed by atoms with Crippen molar-refractivity contribution in [1.29, 1.82) is 0 Å². The molecule has 3 saturated carbocycles. The molecule has 0 heterocycles. The Kier molecular flexibility index (Phi) is 5.30. The second kappa shape index (κ2) is 7.26. The second-order valence-electron chi connectivity index (χ2n) is 10.1. The van der Waals surface area contributed by atoms with Crippen molar-refractivity contribution < 1.29 is 29.3 Å². The van der Waals surface area contributed by atoms with Crippen LogP contribution in [0.25, 0.3) is 0 Å². The van der Waals surface area contributed by atoms with Crippen LogP contribution in [0.4, 0.5) is 0 Å². The second-order valence-corrected chi connectivity index (χ2v) is 10.1. The molecule has 6 atom stereocenters. The van der Waals surface area contributed by atoms with E-state index in [1.165, 1.54) is 12.7 Å². The predicted octanol–water partition coefficient (Wildman–Crippen LogP) is 2.76. The Balaban J connectivity index is 1.69. The third-order valence-electron chi connectivity index (χ3n) is 9.14. The minimum absolute atomic E-state index is 0.0401. The van der Waals surface area contributed by atoms with Crippen LogP contribution in [0.15, 0.2) is 11.6 Å². The molecule has 2 N–H and O–H groups in total. The summed E-state index contributed by atoms with van der Waals surface area (Å²) in [5, 5.41) is 19.5. The normalized spacial score (nSPS) is 44.1.